The van der Waals surface area contributed by atoms with E-state index in [9.17, 15) is 9.90 Å². The zero-order chi connectivity index (χ0) is 16.9. The van der Waals surface area contributed by atoms with Crippen LogP contribution in [-0.2, 0) is 11.2 Å². The van der Waals surface area contributed by atoms with Crippen LogP contribution in [0.2, 0.25) is 0 Å². The van der Waals surface area contributed by atoms with Crippen molar-refractivity contribution < 1.29 is 24.1 Å². The molecule has 126 valence electrons. The Morgan fingerprint density at radius 3 is 2.71 bits per heavy atom. The average Bonchev–Trinajstić information content (AvgIpc) is 2.60. The van der Waals surface area contributed by atoms with Crippen LogP contribution in [0.1, 0.15) is 24.0 Å². The predicted octanol–water partition coefficient (Wildman–Crippen LogP) is 3.27. The fraction of sp³-hybridized carbons (Fsp3) is 0.316. The molecule has 0 bridgehead atoms. The number of carboxylic acid groups (broad SMARTS) is 1. The average molecular weight is 328 g/mol. The van der Waals surface area contributed by atoms with Crippen molar-refractivity contribution in [1.29, 1.82) is 0 Å². The molecule has 5 nitrogen and oxygen atoms in total. The Bertz CT molecular complexity index is 725. The van der Waals surface area contributed by atoms with Crippen LogP contribution in [0.5, 0.6) is 17.2 Å². The highest BCUT2D eigenvalue weighted by atomic mass is 16.6. The predicted molar refractivity (Wildman–Crippen MR) is 89.1 cm³/mol. The van der Waals surface area contributed by atoms with Crippen LogP contribution in [0.3, 0.4) is 0 Å². The van der Waals surface area contributed by atoms with Gasteiger partial charge in [-0.25, -0.2) is 0 Å². The van der Waals surface area contributed by atoms with Gasteiger partial charge in [0.2, 0.25) is 0 Å². The lowest BCUT2D eigenvalue weighted by atomic mass is 9.91. The number of fused-ring (bicyclic) bond motifs is 1. The van der Waals surface area contributed by atoms with E-state index in [4.69, 9.17) is 14.2 Å². The van der Waals surface area contributed by atoms with E-state index in [1.807, 2.05) is 31.2 Å². The largest absolute Gasteiger partial charge is 0.494 e. The van der Waals surface area contributed by atoms with Crippen LogP contribution in [0.15, 0.2) is 42.5 Å². The standard InChI is InChI=1S/C19H20O5/c1-2-22-15-5-3-4-13(10-15)11-16(19(20)21)14-6-7-17-18(12-14)24-9-8-23-17/h3-7,10,12,16H,2,8-9,11H2,1H3,(H,20,21). The molecule has 1 N–H and O–H groups in total. The second-order valence-electron chi connectivity index (χ2n) is 5.58. The number of carbonyl (C=O) groups is 1. The summed E-state index contributed by atoms with van der Waals surface area (Å²) < 4.78 is 16.5. The summed E-state index contributed by atoms with van der Waals surface area (Å²) in [5.74, 6) is 0.494. The Morgan fingerprint density at radius 1 is 1.17 bits per heavy atom. The van der Waals surface area contributed by atoms with Crippen molar-refractivity contribution in [1.82, 2.24) is 0 Å². The maximum Gasteiger partial charge on any atom is 0.311 e. The van der Waals surface area contributed by atoms with Gasteiger partial charge in [0.1, 0.15) is 19.0 Å². The van der Waals surface area contributed by atoms with Crippen molar-refractivity contribution in [3.63, 3.8) is 0 Å². The first-order chi connectivity index (χ1) is 11.7. The van der Waals surface area contributed by atoms with Crippen molar-refractivity contribution in [3.05, 3.63) is 53.6 Å². The monoisotopic (exact) mass is 328 g/mol. The second kappa shape index (κ2) is 7.25. The maximum atomic E-state index is 11.8. The van der Waals surface area contributed by atoms with Crippen LogP contribution >= 0.6 is 0 Å². The smallest absolute Gasteiger partial charge is 0.311 e. The minimum Gasteiger partial charge on any atom is -0.494 e. The van der Waals surface area contributed by atoms with Crippen LogP contribution in [0.4, 0.5) is 0 Å². The molecule has 1 aliphatic heterocycles. The molecule has 0 saturated carbocycles. The Hall–Kier alpha value is -2.69. The van der Waals surface area contributed by atoms with E-state index in [0.29, 0.717) is 43.3 Å². The van der Waals surface area contributed by atoms with Crippen LogP contribution in [0.25, 0.3) is 0 Å². The first-order valence-electron chi connectivity index (χ1n) is 8.01. The molecule has 0 saturated heterocycles. The molecule has 2 aromatic carbocycles. The summed E-state index contributed by atoms with van der Waals surface area (Å²) in [6, 6.07) is 12.9. The van der Waals surface area contributed by atoms with E-state index in [1.165, 1.54) is 0 Å². The molecule has 1 unspecified atom stereocenters. The molecule has 5 heteroatoms. The maximum absolute atomic E-state index is 11.8. The summed E-state index contributed by atoms with van der Waals surface area (Å²) in [6.07, 6.45) is 0.385. The third-order valence-corrected chi connectivity index (χ3v) is 3.92. The van der Waals surface area contributed by atoms with Crippen molar-refractivity contribution in [2.24, 2.45) is 0 Å². The minimum atomic E-state index is -0.867. The Morgan fingerprint density at radius 2 is 1.96 bits per heavy atom. The number of hydrogen-bond donors (Lipinski definition) is 1. The van der Waals surface area contributed by atoms with E-state index in [0.717, 1.165) is 11.3 Å². The molecule has 1 atom stereocenters. The third kappa shape index (κ3) is 3.62. The number of benzene rings is 2. The van der Waals surface area contributed by atoms with Crippen molar-refractivity contribution in [3.8, 4) is 17.2 Å². The van der Waals surface area contributed by atoms with Gasteiger partial charge in [-0.2, -0.15) is 0 Å². The van der Waals surface area contributed by atoms with Crippen LogP contribution in [0, 0.1) is 0 Å². The highest BCUT2D eigenvalue weighted by Gasteiger charge is 2.23. The molecule has 0 aliphatic carbocycles. The van der Waals surface area contributed by atoms with Gasteiger partial charge in [0.25, 0.3) is 0 Å². The van der Waals surface area contributed by atoms with E-state index in [-0.39, 0.29) is 0 Å². The molecule has 2 aromatic rings. The first kappa shape index (κ1) is 16.2. The lowest BCUT2D eigenvalue weighted by molar-refractivity contribution is -0.138. The van der Waals surface area contributed by atoms with Gasteiger partial charge in [-0.15, -0.1) is 0 Å². The van der Waals surface area contributed by atoms with Gasteiger partial charge in [0.05, 0.1) is 12.5 Å². The molecular formula is C19H20O5. The Kier molecular flexibility index (Phi) is 4.89. The first-order valence-corrected chi connectivity index (χ1v) is 8.01. The molecule has 0 radical (unpaired) electrons. The van der Waals surface area contributed by atoms with Crippen molar-refractivity contribution in [2.45, 2.75) is 19.3 Å². The second-order valence-corrected chi connectivity index (χ2v) is 5.58. The van der Waals surface area contributed by atoms with Crippen molar-refractivity contribution in [2.75, 3.05) is 19.8 Å². The number of ether oxygens (including phenoxy) is 3. The zero-order valence-corrected chi connectivity index (χ0v) is 13.5. The summed E-state index contributed by atoms with van der Waals surface area (Å²) in [5.41, 5.74) is 1.62. The molecule has 1 aliphatic rings. The van der Waals surface area contributed by atoms with E-state index >= 15 is 0 Å². The van der Waals surface area contributed by atoms with Crippen molar-refractivity contribution >= 4 is 5.97 Å². The van der Waals surface area contributed by atoms with Gasteiger partial charge >= 0.3 is 5.97 Å². The fourth-order valence-corrected chi connectivity index (χ4v) is 2.79. The van der Waals surface area contributed by atoms with Crippen LogP contribution < -0.4 is 14.2 Å². The molecule has 0 spiro atoms. The van der Waals surface area contributed by atoms with Gasteiger partial charge in [-0.3, -0.25) is 4.79 Å². The minimum absolute atomic E-state index is 0.385. The van der Waals surface area contributed by atoms with E-state index < -0.39 is 11.9 Å². The summed E-state index contributed by atoms with van der Waals surface area (Å²) in [5, 5.41) is 9.66. The number of hydrogen-bond acceptors (Lipinski definition) is 4. The quantitative estimate of drug-likeness (QED) is 0.881. The normalized spacial score (nSPS) is 14.0. The van der Waals surface area contributed by atoms with Crippen LogP contribution in [-0.4, -0.2) is 30.9 Å². The Balaban J connectivity index is 1.85. The number of aliphatic carboxylic acids is 1. The van der Waals surface area contributed by atoms with Gasteiger partial charge < -0.3 is 19.3 Å². The molecule has 24 heavy (non-hydrogen) atoms. The number of carboxylic acids is 1. The Labute approximate surface area is 140 Å². The third-order valence-electron chi connectivity index (χ3n) is 3.92. The highest BCUT2D eigenvalue weighted by molar-refractivity contribution is 5.77. The van der Waals surface area contributed by atoms with Gasteiger partial charge in [-0.05, 0) is 48.7 Å². The molecule has 0 aromatic heterocycles. The lowest BCUT2D eigenvalue weighted by Crippen LogP contribution is -2.18. The lowest BCUT2D eigenvalue weighted by Gasteiger charge is -2.20. The summed E-state index contributed by atoms with van der Waals surface area (Å²) in [6.45, 7) is 3.49. The molecular weight excluding hydrogens is 308 g/mol. The van der Waals surface area contributed by atoms with Gasteiger partial charge in [-0.1, -0.05) is 18.2 Å². The molecule has 3 rings (SSSR count). The zero-order valence-electron chi connectivity index (χ0n) is 13.5. The fourth-order valence-electron chi connectivity index (χ4n) is 2.79. The van der Waals surface area contributed by atoms with Gasteiger partial charge in [0, 0.05) is 0 Å². The summed E-state index contributed by atoms with van der Waals surface area (Å²) in [4.78, 5) is 11.8. The molecule has 1 heterocycles. The molecule has 0 amide bonds. The topological polar surface area (TPSA) is 65.0 Å². The van der Waals surface area contributed by atoms with Gasteiger partial charge in [0.15, 0.2) is 11.5 Å². The highest BCUT2D eigenvalue weighted by Crippen LogP contribution is 2.34. The SMILES string of the molecule is CCOc1cccc(CC(C(=O)O)c2ccc3c(c2)OCCO3)c1. The summed E-state index contributed by atoms with van der Waals surface area (Å²) in [7, 11) is 0. The van der Waals surface area contributed by atoms with E-state index in [1.54, 1.807) is 18.2 Å². The number of rotatable bonds is 6. The summed E-state index contributed by atoms with van der Waals surface area (Å²) >= 11 is 0. The molecule has 0 fully saturated rings. The van der Waals surface area contributed by atoms with E-state index in [2.05, 4.69) is 0 Å².